The number of hydrogen-bond donors (Lipinski definition) is 0. The van der Waals surface area contributed by atoms with Gasteiger partial charge in [-0.2, -0.15) is 0 Å². The lowest BCUT2D eigenvalue weighted by Gasteiger charge is -2.10. The lowest BCUT2D eigenvalue weighted by atomic mass is 10.1. The zero-order valence-electron chi connectivity index (χ0n) is 17.4. The fourth-order valence-electron chi connectivity index (χ4n) is 3.36. The lowest BCUT2D eigenvalue weighted by Crippen LogP contribution is -2.16. The Morgan fingerprint density at radius 2 is 1.70 bits per heavy atom. The van der Waals surface area contributed by atoms with Crippen LogP contribution in [0.4, 0.5) is 0 Å². The molecular formula is C22H22N2O6. The summed E-state index contributed by atoms with van der Waals surface area (Å²) in [6.45, 7) is 6.53. The topological polar surface area (TPSA) is 101 Å². The summed E-state index contributed by atoms with van der Waals surface area (Å²) in [6, 6.07) is 8.62. The molecule has 0 radical (unpaired) electrons. The van der Waals surface area contributed by atoms with Crippen molar-refractivity contribution in [2.24, 2.45) is 0 Å². The average molecular weight is 410 g/mol. The number of carbonyl (C=O) groups excluding carboxylic acids is 3. The maximum atomic E-state index is 12.7. The highest BCUT2D eigenvalue weighted by atomic mass is 16.5. The Hall–Kier alpha value is -3.68. The molecule has 0 unspecified atom stereocenters. The molecule has 0 aliphatic rings. The van der Waals surface area contributed by atoms with Crippen molar-refractivity contribution in [1.82, 2.24) is 9.72 Å². The fraction of sp³-hybridized carbons (Fsp3) is 0.273. The van der Waals surface area contributed by atoms with Gasteiger partial charge in [0, 0.05) is 22.6 Å². The standard InChI is InChI=1S/C22H22N2O6/c1-12-10-18(19(25)11-29-22(27)20-13(2)23-30-15(20)4)14(3)24(12)17-8-6-16(7-9-17)21(26)28-5/h6-10H,11H2,1-5H3. The van der Waals surface area contributed by atoms with Crippen LogP contribution in [0.1, 0.15) is 53.9 Å². The van der Waals surface area contributed by atoms with Gasteiger partial charge in [0.2, 0.25) is 5.78 Å². The van der Waals surface area contributed by atoms with E-state index in [1.165, 1.54) is 7.11 Å². The van der Waals surface area contributed by atoms with Crippen molar-refractivity contribution in [3.63, 3.8) is 0 Å². The van der Waals surface area contributed by atoms with Gasteiger partial charge in [-0.3, -0.25) is 4.79 Å². The number of esters is 2. The largest absolute Gasteiger partial charge is 0.465 e. The highest BCUT2D eigenvalue weighted by Crippen LogP contribution is 2.22. The van der Waals surface area contributed by atoms with Gasteiger partial charge in [-0.15, -0.1) is 0 Å². The second-order valence-electron chi connectivity index (χ2n) is 6.86. The van der Waals surface area contributed by atoms with Crippen LogP contribution in [-0.4, -0.2) is 41.2 Å². The van der Waals surface area contributed by atoms with Crippen molar-refractivity contribution in [3.05, 3.63) is 69.9 Å². The SMILES string of the molecule is COC(=O)c1ccc(-n2c(C)cc(C(=O)COC(=O)c3c(C)noc3C)c2C)cc1. The van der Waals surface area contributed by atoms with Gasteiger partial charge in [-0.25, -0.2) is 9.59 Å². The van der Waals surface area contributed by atoms with Crippen molar-refractivity contribution in [2.45, 2.75) is 27.7 Å². The molecule has 156 valence electrons. The molecule has 0 amide bonds. The maximum Gasteiger partial charge on any atom is 0.344 e. The molecule has 1 aromatic carbocycles. The summed E-state index contributed by atoms with van der Waals surface area (Å²) >= 11 is 0. The van der Waals surface area contributed by atoms with Crippen molar-refractivity contribution < 1.29 is 28.4 Å². The molecule has 8 heteroatoms. The van der Waals surface area contributed by atoms with Crippen LogP contribution in [0.25, 0.3) is 5.69 Å². The predicted molar refractivity (Wildman–Crippen MR) is 107 cm³/mol. The molecule has 3 aromatic rings. The van der Waals surface area contributed by atoms with E-state index >= 15 is 0 Å². The van der Waals surface area contributed by atoms with Gasteiger partial charge < -0.3 is 18.6 Å². The third kappa shape index (κ3) is 3.89. The number of hydrogen-bond acceptors (Lipinski definition) is 7. The summed E-state index contributed by atoms with van der Waals surface area (Å²) < 4.78 is 16.7. The maximum absolute atomic E-state index is 12.7. The molecule has 0 N–H and O–H groups in total. The highest BCUT2D eigenvalue weighted by Gasteiger charge is 2.22. The second-order valence-corrected chi connectivity index (χ2v) is 6.86. The third-order valence-electron chi connectivity index (χ3n) is 4.85. The first kappa shape index (κ1) is 21.0. The van der Waals surface area contributed by atoms with Crippen LogP contribution >= 0.6 is 0 Å². The third-order valence-corrected chi connectivity index (χ3v) is 4.85. The van der Waals surface area contributed by atoms with E-state index in [1.807, 2.05) is 18.4 Å². The first-order chi connectivity index (χ1) is 14.2. The normalized spacial score (nSPS) is 10.7. The molecule has 0 aliphatic heterocycles. The van der Waals surface area contributed by atoms with Gasteiger partial charge in [0.1, 0.15) is 11.3 Å². The minimum Gasteiger partial charge on any atom is -0.465 e. The van der Waals surface area contributed by atoms with Gasteiger partial charge in [0.05, 0.1) is 18.4 Å². The number of carbonyl (C=O) groups is 3. The summed E-state index contributed by atoms with van der Waals surface area (Å²) in [5, 5.41) is 3.71. The smallest absolute Gasteiger partial charge is 0.344 e. The molecule has 0 aliphatic carbocycles. The fourth-order valence-corrected chi connectivity index (χ4v) is 3.36. The number of Topliss-reactive ketones (excluding diaryl/α,β-unsaturated/α-hetero) is 1. The summed E-state index contributed by atoms with van der Waals surface area (Å²) in [4.78, 5) is 36.6. The summed E-state index contributed by atoms with van der Waals surface area (Å²) in [5.41, 5.74) is 3.87. The number of ether oxygens (including phenoxy) is 2. The number of benzene rings is 1. The average Bonchev–Trinajstić information content (AvgIpc) is 3.23. The van der Waals surface area contributed by atoms with Gasteiger partial charge >= 0.3 is 11.9 Å². The van der Waals surface area contributed by atoms with E-state index in [0.717, 1.165) is 11.4 Å². The Labute approximate surface area is 173 Å². The first-order valence-corrected chi connectivity index (χ1v) is 9.25. The molecule has 0 saturated carbocycles. The van der Waals surface area contributed by atoms with Crippen molar-refractivity contribution in [2.75, 3.05) is 13.7 Å². The molecule has 0 bridgehead atoms. The lowest BCUT2D eigenvalue weighted by molar-refractivity contribution is 0.0472. The van der Waals surface area contributed by atoms with Gasteiger partial charge in [0.15, 0.2) is 6.61 Å². The first-order valence-electron chi connectivity index (χ1n) is 9.25. The van der Waals surface area contributed by atoms with Crippen molar-refractivity contribution in [1.29, 1.82) is 0 Å². The second kappa shape index (κ2) is 8.36. The summed E-state index contributed by atoms with van der Waals surface area (Å²) in [6.07, 6.45) is 0. The van der Waals surface area contributed by atoms with Crippen LogP contribution in [0, 0.1) is 27.7 Å². The summed E-state index contributed by atoms with van der Waals surface area (Å²) in [7, 11) is 1.33. The number of rotatable bonds is 6. The zero-order valence-corrected chi connectivity index (χ0v) is 17.4. The zero-order chi connectivity index (χ0) is 22.0. The summed E-state index contributed by atoms with van der Waals surface area (Å²) in [5.74, 6) is -1.04. The molecule has 0 fully saturated rings. The van der Waals surface area contributed by atoms with E-state index in [-0.39, 0.29) is 11.3 Å². The van der Waals surface area contributed by atoms with Crippen LogP contribution in [0.2, 0.25) is 0 Å². The van der Waals surface area contributed by atoms with E-state index in [4.69, 9.17) is 14.0 Å². The number of aromatic nitrogens is 2. The number of ketones is 1. The Bertz CT molecular complexity index is 1100. The molecule has 30 heavy (non-hydrogen) atoms. The molecular weight excluding hydrogens is 388 g/mol. The molecule has 8 nitrogen and oxygen atoms in total. The quantitative estimate of drug-likeness (QED) is 0.453. The van der Waals surface area contributed by atoms with Crippen LogP contribution in [-0.2, 0) is 9.47 Å². The van der Waals surface area contributed by atoms with Crippen molar-refractivity contribution in [3.8, 4) is 5.69 Å². The predicted octanol–water partition coefficient (Wildman–Crippen LogP) is 3.53. The highest BCUT2D eigenvalue weighted by molar-refractivity contribution is 6.01. The van der Waals surface area contributed by atoms with Crippen LogP contribution in [0.5, 0.6) is 0 Å². The molecule has 3 rings (SSSR count). The number of nitrogens with zero attached hydrogens (tertiary/aromatic N) is 2. The minimum atomic E-state index is -0.646. The Balaban J connectivity index is 1.78. The Morgan fingerprint density at radius 1 is 1.03 bits per heavy atom. The Kier molecular flexibility index (Phi) is 5.86. The van der Waals surface area contributed by atoms with E-state index in [2.05, 4.69) is 5.16 Å². The van der Waals surface area contributed by atoms with E-state index < -0.39 is 18.5 Å². The van der Waals surface area contributed by atoms with E-state index in [0.29, 0.717) is 28.3 Å². The van der Waals surface area contributed by atoms with Gasteiger partial charge in [-0.05, 0) is 58.0 Å². The number of methoxy groups -OCH3 is 1. The minimum absolute atomic E-state index is 0.235. The number of aryl methyl sites for hydroxylation is 3. The molecule has 2 heterocycles. The molecule has 0 spiro atoms. The van der Waals surface area contributed by atoms with Crippen molar-refractivity contribution >= 4 is 17.7 Å². The van der Waals surface area contributed by atoms with E-state index in [9.17, 15) is 14.4 Å². The molecule has 2 aromatic heterocycles. The Morgan fingerprint density at radius 3 is 2.27 bits per heavy atom. The van der Waals surface area contributed by atoms with Gasteiger partial charge in [0.25, 0.3) is 0 Å². The van der Waals surface area contributed by atoms with E-state index in [1.54, 1.807) is 44.2 Å². The van der Waals surface area contributed by atoms with Gasteiger partial charge in [-0.1, -0.05) is 5.16 Å². The van der Waals surface area contributed by atoms with Crippen LogP contribution in [0.3, 0.4) is 0 Å². The monoisotopic (exact) mass is 410 g/mol. The molecule has 0 saturated heterocycles. The van der Waals surface area contributed by atoms with Crippen LogP contribution < -0.4 is 0 Å². The van der Waals surface area contributed by atoms with Crippen LogP contribution in [0.15, 0.2) is 34.9 Å². The molecule has 0 atom stereocenters.